The molecule has 2 N–H and O–H groups in total. The molecule has 0 heterocycles. The van der Waals surface area contributed by atoms with E-state index < -0.39 is 23.4 Å². The molecule has 0 fully saturated rings. The zero-order valence-corrected chi connectivity index (χ0v) is 12.7. The smallest absolute Gasteiger partial charge is 0.323 e. The first-order chi connectivity index (χ1) is 7.39. The van der Waals surface area contributed by atoms with Gasteiger partial charge in [0.2, 0.25) is 4.62 Å². The summed E-state index contributed by atoms with van der Waals surface area (Å²) in [5.74, 6) is -0.578. The van der Waals surface area contributed by atoms with Crippen molar-refractivity contribution in [1.82, 2.24) is 0 Å². The van der Waals surface area contributed by atoms with Crippen LogP contribution in [0.25, 0.3) is 0 Å². The quantitative estimate of drug-likeness (QED) is 0.580. The van der Waals surface area contributed by atoms with Crippen molar-refractivity contribution in [3.63, 3.8) is 0 Å². The maximum atomic E-state index is 12.2. The van der Waals surface area contributed by atoms with Crippen LogP contribution in [0.1, 0.15) is 47.5 Å². The number of carbonyl (C=O) groups is 1. The molecule has 0 spiro atoms. The molecule has 102 valence electrons. The highest BCUT2D eigenvalue weighted by Crippen LogP contribution is 2.56. The van der Waals surface area contributed by atoms with Crippen LogP contribution in [0, 0.1) is 11.3 Å². The minimum atomic E-state index is -4.66. The van der Waals surface area contributed by atoms with E-state index in [9.17, 15) is 9.36 Å². The van der Waals surface area contributed by atoms with Gasteiger partial charge in [-0.15, -0.1) is 0 Å². The third-order valence-corrected chi connectivity index (χ3v) is 5.63. The molecule has 2 atom stereocenters. The van der Waals surface area contributed by atoms with Crippen molar-refractivity contribution in [2.75, 3.05) is 0 Å². The third kappa shape index (κ3) is 3.54. The Kier molecular flexibility index (Phi) is 5.43. The number of ketones is 1. The summed E-state index contributed by atoms with van der Waals surface area (Å²) in [6.45, 7) is 8.37. The fourth-order valence-corrected chi connectivity index (χ4v) is 2.53. The normalized spacial score (nSPS) is 18.6. The molecule has 17 heavy (non-hydrogen) atoms. The summed E-state index contributed by atoms with van der Waals surface area (Å²) < 4.78 is 9.12. The van der Waals surface area contributed by atoms with Crippen LogP contribution in [0.15, 0.2) is 0 Å². The maximum Gasteiger partial charge on any atom is 0.353 e. The summed E-state index contributed by atoms with van der Waals surface area (Å²) in [6.07, 6.45) is 1.72. The van der Waals surface area contributed by atoms with Crippen molar-refractivity contribution >= 4 is 25.0 Å². The number of rotatable bonds is 6. The molecule has 4 nitrogen and oxygen atoms in total. The fraction of sp³-hybridized carbons (Fsp3) is 0.909. The largest absolute Gasteiger partial charge is 0.353 e. The van der Waals surface area contributed by atoms with Crippen LogP contribution < -0.4 is 0 Å². The van der Waals surface area contributed by atoms with Crippen LogP contribution in [0.2, 0.25) is 0 Å². The van der Waals surface area contributed by atoms with Crippen LogP contribution in [-0.4, -0.2) is 20.2 Å². The van der Waals surface area contributed by atoms with Gasteiger partial charge in [0.1, 0.15) is 0 Å². The Morgan fingerprint density at radius 1 is 1.35 bits per heavy atom. The Bertz CT molecular complexity index is 332. The Balaban J connectivity index is 5.24. The van der Waals surface area contributed by atoms with Gasteiger partial charge in [-0.3, -0.25) is 9.36 Å². The van der Waals surface area contributed by atoms with Crippen molar-refractivity contribution in [2.45, 2.75) is 52.1 Å². The van der Waals surface area contributed by atoms with Gasteiger partial charge in [-0.1, -0.05) is 52.1 Å². The lowest BCUT2D eigenvalue weighted by Crippen LogP contribution is -2.43. The molecule has 0 aliphatic rings. The van der Waals surface area contributed by atoms with Crippen molar-refractivity contribution in [1.29, 1.82) is 0 Å². The number of alkyl halides is 1. The van der Waals surface area contributed by atoms with Gasteiger partial charge in [0.25, 0.3) is 0 Å². The highest BCUT2D eigenvalue weighted by atomic mass is 35.5. The van der Waals surface area contributed by atoms with Gasteiger partial charge in [0.05, 0.1) is 0 Å². The summed E-state index contributed by atoms with van der Waals surface area (Å²) in [7, 11) is -4.66. The number of Topliss-reactive ketones (excluding diaryl/α,β-unsaturated/α-hetero) is 1. The Hall–Kier alpha value is 0.110. The zero-order chi connectivity index (χ0) is 14.1. The summed E-state index contributed by atoms with van der Waals surface area (Å²) >= 11 is 5.78. The van der Waals surface area contributed by atoms with Crippen LogP contribution in [0.4, 0.5) is 0 Å². The van der Waals surface area contributed by atoms with E-state index in [4.69, 9.17) is 21.4 Å². The van der Waals surface area contributed by atoms with Gasteiger partial charge in [0, 0.05) is 5.41 Å². The molecule has 6 heteroatoms. The first-order valence-electron chi connectivity index (χ1n) is 5.68. The topological polar surface area (TPSA) is 74.6 Å². The highest BCUT2D eigenvalue weighted by molar-refractivity contribution is 7.57. The second-order valence-corrected chi connectivity index (χ2v) is 8.24. The van der Waals surface area contributed by atoms with Gasteiger partial charge >= 0.3 is 7.60 Å². The van der Waals surface area contributed by atoms with Crippen molar-refractivity contribution in [3.8, 4) is 0 Å². The maximum absolute atomic E-state index is 12.2. The van der Waals surface area contributed by atoms with Crippen LogP contribution in [0.5, 0.6) is 0 Å². The van der Waals surface area contributed by atoms with Gasteiger partial charge < -0.3 is 9.79 Å². The van der Waals surface area contributed by atoms with E-state index in [0.29, 0.717) is 0 Å². The Labute approximate surface area is 108 Å². The van der Waals surface area contributed by atoms with Gasteiger partial charge in [-0.25, -0.2) is 0 Å². The standard InChI is InChI=1S/C11H22ClO4P/c1-6-7-8(2)10(3,4)9(13)11(5,12)17(14,15)16/h8H,6-7H2,1-5H3,(H2,14,15,16). The fourth-order valence-electron chi connectivity index (χ4n) is 1.74. The lowest BCUT2D eigenvalue weighted by molar-refractivity contribution is -0.130. The first kappa shape index (κ1) is 17.1. The zero-order valence-electron chi connectivity index (χ0n) is 11.0. The van der Waals surface area contributed by atoms with Gasteiger partial charge in [-0.2, -0.15) is 0 Å². The van der Waals surface area contributed by atoms with Crippen molar-refractivity contribution in [3.05, 3.63) is 0 Å². The minimum Gasteiger partial charge on any atom is -0.323 e. The van der Waals surface area contributed by atoms with E-state index in [1.54, 1.807) is 13.8 Å². The third-order valence-electron chi connectivity index (χ3n) is 3.50. The number of hydrogen-bond acceptors (Lipinski definition) is 2. The molecular weight excluding hydrogens is 263 g/mol. The number of carbonyl (C=O) groups excluding carboxylic acids is 1. The van der Waals surface area contributed by atoms with Gasteiger partial charge in [-0.05, 0) is 12.8 Å². The van der Waals surface area contributed by atoms with Crippen LogP contribution >= 0.6 is 19.2 Å². The average molecular weight is 285 g/mol. The number of halogens is 1. The van der Waals surface area contributed by atoms with Crippen molar-refractivity contribution in [2.24, 2.45) is 11.3 Å². The molecule has 0 aliphatic heterocycles. The monoisotopic (exact) mass is 284 g/mol. The molecule has 0 amide bonds. The predicted molar refractivity (Wildman–Crippen MR) is 69.2 cm³/mol. The molecule has 0 aromatic heterocycles. The molecule has 0 bridgehead atoms. The van der Waals surface area contributed by atoms with E-state index >= 15 is 0 Å². The molecule has 0 rings (SSSR count). The van der Waals surface area contributed by atoms with E-state index in [0.717, 1.165) is 19.8 Å². The summed E-state index contributed by atoms with van der Waals surface area (Å²) in [5.41, 5.74) is -0.854. The van der Waals surface area contributed by atoms with E-state index in [1.165, 1.54) is 0 Å². The van der Waals surface area contributed by atoms with Gasteiger partial charge in [0.15, 0.2) is 5.78 Å². The molecule has 0 aliphatic carbocycles. The molecule has 0 aromatic carbocycles. The summed E-state index contributed by atoms with van der Waals surface area (Å²) in [4.78, 5) is 30.5. The summed E-state index contributed by atoms with van der Waals surface area (Å²) in [6, 6.07) is 0. The molecule has 0 aromatic rings. The second-order valence-electron chi connectivity index (χ2n) is 5.24. The SMILES string of the molecule is CCCC(C)C(C)(C)C(=O)C(C)(Cl)P(=O)(O)O. The minimum absolute atomic E-state index is 0.0182. The second kappa shape index (κ2) is 5.40. The Morgan fingerprint density at radius 2 is 1.76 bits per heavy atom. The van der Waals surface area contributed by atoms with Crippen LogP contribution in [-0.2, 0) is 9.36 Å². The first-order valence-corrected chi connectivity index (χ1v) is 7.67. The van der Waals surface area contributed by atoms with E-state index in [1.807, 2.05) is 13.8 Å². The molecule has 0 saturated carbocycles. The molecule has 2 unspecified atom stereocenters. The lowest BCUT2D eigenvalue weighted by Gasteiger charge is -2.36. The average Bonchev–Trinajstić information content (AvgIpc) is 2.15. The van der Waals surface area contributed by atoms with E-state index in [2.05, 4.69) is 0 Å². The Morgan fingerprint density at radius 3 is 2.06 bits per heavy atom. The highest BCUT2D eigenvalue weighted by Gasteiger charge is 2.53. The summed E-state index contributed by atoms with van der Waals surface area (Å²) in [5, 5.41) is 0. The molecule has 0 saturated heterocycles. The van der Waals surface area contributed by atoms with E-state index in [-0.39, 0.29) is 5.92 Å². The van der Waals surface area contributed by atoms with Crippen LogP contribution in [0.3, 0.4) is 0 Å². The molecular formula is C11H22ClO4P. The number of hydrogen-bond donors (Lipinski definition) is 2. The predicted octanol–water partition coefficient (Wildman–Crippen LogP) is 3.15. The van der Waals surface area contributed by atoms with Crippen molar-refractivity contribution < 1.29 is 19.1 Å². The lowest BCUT2D eigenvalue weighted by atomic mass is 9.73. The molecule has 0 radical (unpaired) electrons.